The second kappa shape index (κ2) is 6.76. The molecule has 0 heterocycles. The van der Waals surface area contributed by atoms with E-state index in [0.29, 0.717) is 11.3 Å². The van der Waals surface area contributed by atoms with Gasteiger partial charge in [-0.05, 0) is 31.4 Å². The fourth-order valence-electron chi connectivity index (χ4n) is 1.36. The molecular formula is C11H16BN3O4. The van der Waals surface area contributed by atoms with E-state index in [4.69, 9.17) is 20.5 Å². The number of ether oxygens (including phenoxy) is 1. The molecule has 19 heavy (non-hydrogen) atoms. The van der Waals surface area contributed by atoms with Gasteiger partial charge in [-0.2, -0.15) is 5.10 Å². The van der Waals surface area contributed by atoms with Crippen LogP contribution in [0.25, 0.3) is 0 Å². The molecule has 0 spiro atoms. The molecule has 8 heteroatoms. The van der Waals surface area contributed by atoms with Crippen molar-refractivity contribution in [2.24, 2.45) is 10.8 Å². The third-order valence-electron chi connectivity index (χ3n) is 2.07. The van der Waals surface area contributed by atoms with Gasteiger partial charge in [-0.25, -0.2) is 10.2 Å². The van der Waals surface area contributed by atoms with Crippen LogP contribution < -0.4 is 21.4 Å². The molecule has 0 aliphatic heterocycles. The van der Waals surface area contributed by atoms with Crippen LogP contribution in [-0.4, -0.2) is 35.5 Å². The molecule has 0 fully saturated rings. The standard InChI is InChI=1S/C11H16BN3O4/c1-7(2)19-10-4-3-9(12(17)18)5-8(10)6-14-15-11(13)16/h3-7,17-18H,1-2H3,(H3,13,15,16). The second-order valence-electron chi connectivity index (χ2n) is 4.07. The van der Waals surface area contributed by atoms with Gasteiger partial charge in [-0.15, -0.1) is 0 Å². The summed E-state index contributed by atoms with van der Waals surface area (Å²) in [6.45, 7) is 3.72. The molecule has 0 aliphatic rings. The number of nitrogens with zero attached hydrogens (tertiary/aromatic N) is 1. The smallest absolute Gasteiger partial charge is 0.488 e. The minimum atomic E-state index is -1.59. The van der Waals surface area contributed by atoms with E-state index in [1.165, 1.54) is 18.3 Å². The number of nitrogens with two attached hydrogens (primary N) is 1. The highest BCUT2D eigenvalue weighted by molar-refractivity contribution is 6.58. The van der Waals surface area contributed by atoms with Gasteiger partial charge in [0.1, 0.15) is 5.75 Å². The third kappa shape index (κ3) is 4.98. The molecule has 102 valence electrons. The van der Waals surface area contributed by atoms with E-state index in [-0.39, 0.29) is 11.6 Å². The monoisotopic (exact) mass is 265 g/mol. The van der Waals surface area contributed by atoms with E-state index in [0.717, 1.165) is 0 Å². The normalized spacial score (nSPS) is 10.8. The number of carbonyl (C=O) groups is 1. The predicted octanol–water partition coefficient (Wildman–Crippen LogP) is -0.844. The Kier molecular flexibility index (Phi) is 5.34. The number of nitrogens with one attached hydrogen (secondary N) is 1. The number of urea groups is 1. The summed E-state index contributed by atoms with van der Waals surface area (Å²) in [4.78, 5) is 10.5. The summed E-state index contributed by atoms with van der Waals surface area (Å²) < 4.78 is 5.54. The first-order valence-electron chi connectivity index (χ1n) is 5.65. The summed E-state index contributed by atoms with van der Waals surface area (Å²) in [6.07, 6.45) is 1.26. The molecule has 0 aliphatic carbocycles. The molecule has 0 atom stereocenters. The zero-order valence-corrected chi connectivity index (χ0v) is 10.7. The van der Waals surface area contributed by atoms with E-state index in [1.807, 2.05) is 13.8 Å². The Hall–Kier alpha value is -2.06. The Morgan fingerprint density at radius 3 is 2.74 bits per heavy atom. The molecule has 0 saturated heterocycles. The zero-order chi connectivity index (χ0) is 14.4. The molecule has 7 nitrogen and oxygen atoms in total. The maximum absolute atomic E-state index is 10.5. The maximum Gasteiger partial charge on any atom is 0.488 e. The van der Waals surface area contributed by atoms with Crippen molar-refractivity contribution in [3.63, 3.8) is 0 Å². The van der Waals surface area contributed by atoms with Crippen molar-refractivity contribution in [2.75, 3.05) is 0 Å². The highest BCUT2D eigenvalue weighted by Gasteiger charge is 2.14. The number of amides is 2. The van der Waals surface area contributed by atoms with Crippen molar-refractivity contribution < 1.29 is 19.6 Å². The summed E-state index contributed by atoms with van der Waals surface area (Å²) in [6, 6.07) is 3.83. The molecule has 1 aromatic rings. The molecule has 1 rings (SSSR count). The van der Waals surface area contributed by atoms with Gasteiger partial charge in [-0.3, -0.25) is 0 Å². The Bertz CT molecular complexity index is 477. The van der Waals surface area contributed by atoms with Crippen LogP contribution >= 0.6 is 0 Å². The van der Waals surface area contributed by atoms with Crippen molar-refractivity contribution in [3.8, 4) is 5.75 Å². The van der Waals surface area contributed by atoms with Gasteiger partial charge in [0, 0.05) is 5.56 Å². The van der Waals surface area contributed by atoms with E-state index in [1.54, 1.807) is 6.07 Å². The van der Waals surface area contributed by atoms with Gasteiger partial charge in [0.05, 0.1) is 12.3 Å². The van der Waals surface area contributed by atoms with Crippen molar-refractivity contribution in [1.82, 2.24) is 5.43 Å². The third-order valence-corrected chi connectivity index (χ3v) is 2.07. The van der Waals surface area contributed by atoms with Gasteiger partial charge < -0.3 is 20.5 Å². The molecule has 1 aromatic carbocycles. The number of hydrogen-bond donors (Lipinski definition) is 4. The summed E-state index contributed by atoms with van der Waals surface area (Å²) >= 11 is 0. The van der Waals surface area contributed by atoms with E-state index in [2.05, 4.69) is 10.5 Å². The highest BCUT2D eigenvalue weighted by Crippen LogP contribution is 2.16. The average molecular weight is 265 g/mol. The fourth-order valence-corrected chi connectivity index (χ4v) is 1.36. The van der Waals surface area contributed by atoms with Crippen molar-refractivity contribution in [1.29, 1.82) is 0 Å². The lowest BCUT2D eigenvalue weighted by Crippen LogP contribution is -2.30. The van der Waals surface area contributed by atoms with Gasteiger partial charge >= 0.3 is 13.1 Å². The van der Waals surface area contributed by atoms with Crippen LogP contribution in [-0.2, 0) is 0 Å². The molecule has 0 saturated carbocycles. The number of primary amides is 1. The number of hydrazone groups is 1. The van der Waals surface area contributed by atoms with Crippen LogP contribution in [0.2, 0.25) is 0 Å². The molecule has 2 amide bonds. The number of carbonyl (C=O) groups excluding carboxylic acids is 1. The lowest BCUT2D eigenvalue weighted by Gasteiger charge is -2.13. The van der Waals surface area contributed by atoms with E-state index >= 15 is 0 Å². The van der Waals surface area contributed by atoms with Gasteiger partial charge in [0.15, 0.2) is 0 Å². The van der Waals surface area contributed by atoms with Crippen molar-refractivity contribution >= 4 is 24.8 Å². The SMILES string of the molecule is CC(C)Oc1ccc(B(O)O)cc1C=NNC(N)=O. The minimum absolute atomic E-state index is 0.0545. The quantitative estimate of drug-likeness (QED) is 0.315. The summed E-state index contributed by atoms with van der Waals surface area (Å²) in [5.41, 5.74) is 7.71. The zero-order valence-electron chi connectivity index (χ0n) is 10.7. The average Bonchev–Trinajstić information content (AvgIpc) is 2.29. The topological polar surface area (TPSA) is 117 Å². The summed E-state index contributed by atoms with van der Waals surface area (Å²) in [5.74, 6) is 0.509. The largest absolute Gasteiger partial charge is 0.490 e. The molecular weight excluding hydrogens is 249 g/mol. The molecule has 0 radical (unpaired) electrons. The van der Waals surface area contributed by atoms with E-state index in [9.17, 15) is 4.79 Å². The first-order valence-corrected chi connectivity index (χ1v) is 5.65. The Balaban J connectivity index is 3.03. The van der Waals surface area contributed by atoms with Crippen molar-refractivity contribution in [2.45, 2.75) is 20.0 Å². The predicted molar refractivity (Wildman–Crippen MR) is 72.3 cm³/mol. The molecule has 5 N–H and O–H groups in total. The molecule has 0 bridgehead atoms. The number of hydrogen-bond acceptors (Lipinski definition) is 5. The maximum atomic E-state index is 10.5. The molecule has 0 unspecified atom stereocenters. The first kappa shape index (κ1) is 15.0. The number of benzene rings is 1. The van der Waals surface area contributed by atoms with Gasteiger partial charge in [-0.1, -0.05) is 6.07 Å². The number of rotatable bonds is 5. The van der Waals surface area contributed by atoms with E-state index < -0.39 is 13.1 Å². The second-order valence-corrected chi connectivity index (χ2v) is 4.07. The lowest BCUT2D eigenvalue weighted by molar-refractivity contribution is 0.242. The molecule has 0 aromatic heterocycles. The van der Waals surface area contributed by atoms with Crippen LogP contribution in [0, 0.1) is 0 Å². The van der Waals surface area contributed by atoms with Crippen LogP contribution in [0.3, 0.4) is 0 Å². The van der Waals surface area contributed by atoms with Crippen LogP contribution in [0.4, 0.5) is 4.79 Å². The fraction of sp³-hybridized carbons (Fsp3) is 0.273. The Morgan fingerprint density at radius 1 is 1.53 bits per heavy atom. The summed E-state index contributed by atoms with van der Waals surface area (Å²) in [5, 5.41) is 21.8. The van der Waals surface area contributed by atoms with Crippen LogP contribution in [0.15, 0.2) is 23.3 Å². The Labute approximate surface area is 111 Å². The minimum Gasteiger partial charge on any atom is -0.490 e. The van der Waals surface area contributed by atoms with Gasteiger partial charge in [0.25, 0.3) is 0 Å². The Morgan fingerprint density at radius 2 is 2.21 bits per heavy atom. The highest BCUT2D eigenvalue weighted by atomic mass is 16.5. The van der Waals surface area contributed by atoms with Crippen LogP contribution in [0.1, 0.15) is 19.4 Å². The van der Waals surface area contributed by atoms with Crippen molar-refractivity contribution in [3.05, 3.63) is 23.8 Å². The lowest BCUT2D eigenvalue weighted by atomic mass is 9.79. The van der Waals surface area contributed by atoms with Crippen LogP contribution in [0.5, 0.6) is 5.75 Å². The first-order chi connectivity index (χ1) is 8.90. The van der Waals surface area contributed by atoms with Gasteiger partial charge in [0.2, 0.25) is 0 Å². The summed E-state index contributed by atoms with van der Waals surface area (Å²) in [7, 11) is -1.59.